The molecule has 0 aliphatic rings. The predicted molar refractivity (Wildman–Crippen MR) is 53.6 cm³/mol. The maximum Gasteiger partial charge on any atom is 0.162 e. The third-order valence-electron chi connectivity index (χ3n) is 2.02. The predicted octanol–water partition coefficient (Wildman–Crippen LogP) is 1.84. The van der Waals surface area contributed by atoms with Crippen LogP contribution in [0.1, 0.15) is 38.1 Å². The summed E-state index contributed by atoms with van der Waals surface area (Å²) < 4.78 is 10.6. The lowest BCUT2D eigenvalue weighted by atomic mass is 10.2. The maximum absolute atomic E-state index is 5.55. The van der Waals surface area contributed by atoms with Crippen LogP contribution in [0.3, 0.4) is 0 Å². The molecule has 0 radical (unpaired) electrons. The van der Waals surface area contributed by atoms with Crippen molar-refractivity contribution in [1.82, 2.24) is 5.16 Å². The molecule has 0 fully saturated rings. The summed E-state index contributed by atoms with van der Waals surface area (Å²) in [6.07, 6.45) is 2.47. The average molecular weight is 198 g/mol. The van der Waals surface area contributed by atoms with E-state index < -0.39 is 0 Å². The van der Waals surface area contributed by atoms with Crippen LogP contribution in [0.25, 0.3) is 0 Å². The second-order valence-corrected chi connectivity index (χ2v) is 3.40. The van der Waals surface area contributed by atoms with Crippen LogP contribution in [0.2, 0.25) is 0 Å². The normalized spacial score (nSPS) is 13.1. The molecule has 0 aliphatic heterocycles. The molecule has 0 spiro atoms. The Morgan fingerprint density at radius 3 is 3.00 bits per heavy atom. The van der Waals surface area contributed by atoms with Crippen molar-refractivity contribution in [3.8, 4) is 0 Å². The molecule has 1 heterocycles. The van der Waals surface area contributed by atoms with Crippen molar-refractivity contribution in [1.29, 1.82) is 0 Å². The van der Waals surface area contributed by atoms with E-state index in [1.807, 2.05) is 6.07 Å². The largest absolute Gasteiger partial charge is 0.370 e. The van der Waals surface area contributed by atoms with Gasteiger partial charge in [0.05, 0.1) is 11.8 Å². The molecule has 1 rings (SSSR count). The van der Waals surface area contributed by atoms with Gasteiger partial charge in [-0.3, -0.25) is 0 Å². The number of nitrogens with zero attached hydrogens (tertiary/aromatic N) is 1. The van der Waals surface area contributed by atoms with Gasteiger partial charge in [-0.1, -0.05) is 18.5 Å². The zero-order chi connectivity index (χ0) is 10.4. The number of rotatable bonds is 6. The number of aromatic nitrogens is 1. The first kappa shape index (κ1) is 11.2. The van der Waals surface area contributed by atoms with Gasteiger partial charge in [0.25, 0.3) is 0 Å². The van der Waals surface area contributed by atoms with Gasteiger partial charge in [-0.25, -0.2) is 0 Å². The summed E-state index contributed by atoms with van der Waals surface area (Å²) in [6.45, 7) is 5.09. The van der Waals surface area contributed by atoms with Gasteiger partial charge in [0.2, 0.25) is 0 Å². The molecular formula is C10H18N2O2. The van der Waals surface area contributed by atoms with E-state index >= 15 is 0 Å². The van der Waals surface area contributed by atoms with Crippen molar-refractivity contribution in [3.63, 3.8) is 0 Å². The fraction of sp³-hybridized carbons (Fsp3) is 0.700. The summed E-state index contributed by atoms with van der Waals surface area (Å²) in [7, 11) is 0. The SMILES string of the molecule is CCCC(C)OCc1cc(CN)no1. The second kappa shape index (κ2) is 5.78. The molecule has 0 bridgehead atoms. The molecule has 1 aromatic heterocycles. The Bertz CT molecular complexity index is 260. The first-order valence-electron chi connectivity index (χ1n) is 5.02. The minimum Gasteiger partial charge on any atom is -0.370 e. The van der Waals surface area contributed by atoms with Crippen molar-refractivity contribution >= 4 is 0 Å². The van der Waals surface area contributed by atoms with Gasteiger partial charge >= 0.3 is 0 Å². The monoisotopic (exact) mass is 198 g/mol. The summed E-state index contributed by atoms with van der Waals surface area (Å²) in [4.78, 5) is 0. The molecule has 0 aliphatic carbocycles. The van der Waals surface area contributed by atoms with Gasteiger partial charge in [0.15, 0.2) is 5.76 Å². The first-order chi connectivity index (χ1) is 6.76. The summed E-state index contributed by atoms with van der Waals surface area (Å²) >= 11 is 0. The van der Waals surface area contributed by atoms with Crippen LogP contribution in [0, 0.1) is 0 Å². The van der Waals surface area contributed by atoms with Gasteiger partial charge in [-0.05, 0) is 13.3 Å². The maximum atomic E-state index is 5.55. The van der Waals surface area contributed by atoms with Crippen molar-refractivity contribution in [2.45, 2.75) is 45.9 Å². The molecule has 1 aromatic rings. The Hall–Kier alpha value is -0.870. The van der Waals surface area contributed by atoms with E-state index in [1.165, 1.54) is 0 Å². The lowest BCUT2D eigenvalue weighted by Gasteiger charge is -2.09. The van der Waals surface area contributed by atoms with Crippen molar-refractivity contribution < 1.29 is 9.26 Å². The molecule has 2 N–H and O–H groups in total. The lowest BCUT2D eigenvalue weighted by Crippen LogP contribution is -2.06. The molecule has 80 valence electrons. The smallest absolute Gasteiger partial charge is 0.162 e. The molecular weight excluding hydrogens is 180 g/mol. The van der Waals surface area contributed by atoms with Crippen molar-refractivity contribution in [3.05, 3.63) is 17.5 Å². The van der Waals surface area contributed by atoms with E-state index in [0.29, 0.717) is 13.2 Å². The Labute approximate surface area is 84.4 Å². The fourth-order valence-electron chi connectivity index (χ4n) is 1.23. The van der Waals surface area contributed by atoms with Crippen LogP contribution in [0.15, 0.2) is 10.6 Å². The van der Waals surface area contributed by atoms with Crippen LogP contribution < -0.4 is 5.73 Å². The average Bonchev–Trinajstić information content (AvgIpc) is 2.63. The summed E-state index contributed by atoms with van der Waals surface area (Å²) in [5.74, 6) is 0.744. The highest BCUT2D eigenvalue weighted by atomic mass is 16.5. The third-order valence-corrected chi connectivity index (χ3v) is 2.02. The Morgan fingerprint density at radius 1 is 1.64 bits per heavy atom. The van der Waals surface area contributed by atoms with E-state index in [1.54, 1.807) is 0 Å². The number of nitrogens with two attached hydrogens (primary N) is 1. The van der Waals surface area contributed by atoms with Crippen molar-refractivity contribution in [2.75, 3.05) is 0 Å². The van der Waals surface area contributed by atoms with Gasteiger partial charge < -0.3 is 15.0 Å². The molecule has 1 atom stereocenters. The quantitative estimate of drug-likeness (QED) is 0.757. The molecule has 14 heavy (non-hydrogen) atoms. The van der Waals surface area contributed by atoms with Gasteiger partial charge in [0.1, 0.15) is 6.61 Å². The van der Waals surface area contributed by atoms with Gasteiger partial charge in [0, 0.05) is 12.6 Å². The summed E-state index contributed by atoms with van der Waals surface area (Å²) in [5, 5.41) is 3.78. The number of ether oxygens (including phenoxy) is 1. The molecule has 0 saturated carbocycles. The standard InChI is InChI=1S/C10H18N2O2/c1-3-4-8(2)13-7-10-5-9(6-11)12-14-10/h5,8H,3-4,6-7,11H2,1-2H3. The summed E-state index contributed by atoms with van der Waals surface area (Å²) in [5.41, 5.74) is 6.17. The Kier molecular flexibility index (Phi) is 4.62. The number of hydrogen-bond acceptors (Lipinski definition) is 4. The lowest BCUT2D eigenvalue weighted by molar-refractivity contribution is 0.0344. The van der Waals surface area contributed by atoms with Gasteiger partial charge in [-0.2, -0.15) is 0 Å². The topological polar surface area (TPSA) is 61.3 Å². The second-order valence-electron chi connectivity index (χ2n) is 3.40. The van der Waals surface area contributed by atoms with E-state index in [0.717, 1.165) is 24.3 Å². The van der Waals surface area contributed by atoms with E-state index in [-0.39, 0.29) is 6.10 Å². The molecule has 0 saturated heterocycles. The first-order valence-corrected chi connectivity index (χ1v) is 5.02. The van der Waals surface area contributed by atoms with Crippen LogP contribution in [-0.4, -0.2) is 11.3 Å². The minimum absolute atomic E-state index is 0.270. The minimum atomic E-state index is 0.270. The summed E-state index contributed by atoms with van der Waals surface area (Å²) in [6, 6.07) is 1.83. The van der Waals surface area contributed by atoms with Crippen LogP contribution in [0.5, 0.6) is 0 Å². The van der Waals surface area contributed by atoms with Crippen LogP contribution in [-0.2, 0) is 17.9 Å². The highest BCUT2D eigenvalue weighted by molar-refractivity contribution is 5.03. The Balaban J connectivity index is 2.30. The van der Waals surface area contributed by atoms with E-state index in [4.69, 9.17) is 15.0 Å². The molecule has 1 unspecified atom stereocenters. The zero-order valence-electron chi connectivity index (χ0n) is 8.82. The molecule has 4 heteroatoms. The van der Waals surface area contributed by atoms with Crippen LogP contribution >= 0.6 is 0 Å². The van der Waals surface area contributed by atoms with Crippen molar-refractivity contribution in [2.24, 2.45) is 5.73 Å². The fourth-order valence-corrected chi connectivity index (χ4v) is 1.23. The van der Waals surface area contributed by atoms with Gasteiger partial charge in [-0.15, -0.1) is 0 Å². The Morgan fingerprint density at radius 2 is 2.43 bits per heavy atom. The molecule has 0 aromatic carbocycles. The molecule has 0 amide bonds. The highest BCUT2D eigenvalue weighted by Crippen LogP contribution is 2.08. The van der Waals surface area contributed by atoms with E-state index in [9.17, 15) is 0 Å². The third kappa shape index (κ3) is 3.47. The zero-order valence-corrected chi connectivity index (χ0v) is 8.82. The van der Waals surface area contributed by atoms with Crippen LogP contribution in [0.4, 0.5) is 0 Å². The van der Waals surface area contributed by atoms with E-state index in [2.05, 4.69) is 19.0 Å². The molecule has 4 nitrogen and oxygen atoms in total. The number of hydrogen-bond donors (Lipinski definition) is 1. The highest BCUT2D eigenvalue weighted by Gasteiger charge is 2.05.